The van der Waals surface area contributed by atoms with E-state index in [1.807, 2.05) is 12.1 Å². The highest BCUT2D eigenvalue weighted by Crippen LogP contribution is 2.18. The maximum absolute atomic E-state index is 5.91. The van der Waals surface area contributed by atoms with Crippen LogP contribution < -0.4 is 11.1 Å². The van der Waals surface area contributed by atoms with Crippen molar-refractivity contribution in [2.75, 3.05) is 19.6 Å². The Morgan fingerprint density at radius 3 is 3.00 bits per heavy atom. The number of hydrogen-bond donors (Lipinski definition) is 2. The van der Waals surface area contributed by atoms with Crippen LogP contribution in [0, 0.1) is 5.92 Å². The fraction of sp³-hybridized carbons (Fsp3) is 0.267. The summed E-state index contributed by atoms with van der Waals surface area (Å²) in [4.78, 5) is 13.1. The van der Waals surface area contributed by atoms with Gasteiger partial charge in [0.15, 0.2) is 0 Å². The zero-order valence-corrected chi connectivity index (χ0v) is 12.2. The zero-order valence-electron chi connectivity index (χ0n) is 11.5. The van der Waals surface area contributed by atoms with Crippen LogP contribution in [-0.2, 0) is 0 Å². The molecule has 0 unspecified atom stereocenters. The van der Waals surface area contributed by atoms with Crippen molar-refractivity contribution in [1.29, 1.82) is 0 Å². The summed E-state index contributed by atoms with van der Waals surface area (Å²) in [6, 6.07) is 5.49. The lowest BCUT2D eigenvalue weighted by atomic mass is 10.0. The predicted octanol–water partition coefficient (Wildman–Crippen LogP) is 1.87. The minimum atomic E-state index is 0.450. The summed E-state index contributed by atoms with van der Waals surface area (Å²) in [5.41, 5.74) is 8.97. The molecule has 2 aromatic heterocycles. The number of aromatic nitrogens is 2. The smallest absolute Gasteiger partial charge is 0.129 e. The number of fused-ring (bicyclic) bond motifs is 1. The average Bonchev–Trinajstić information content (AvgIpc) is 2.45. The van der Waals surface area contributed by atoms with Crippen molar-refractivity contribution in [3.8, 4) is 0 Å². The maximum atomic E-state index is 5.91. The van der Waals surface area contributed by atoms with Gasteiger partial charge >= 0.3 is 0 Å². The summed E-state index contributed by atoms with van der Waals surface area (Å²) in [6.45, 7) is 2.90. The number of halogens is 1. The van der Waals surface area contributed by atoms with Crippen LogP contribution in [0.15, 0.2) is 35.6 Å². The van der Waals surface area contributed by atoms with Crippen molar-refractivity contribution in [3.63, 3.8) is 0 Å². The molecule has 5 nitrogen and oxygen atoms in total. The van der Waals surface area contributed by atoms with Gasteiger partial charge in [0.05, 0.1) is 11.0 Å². The van der Waals surface area contributed by atoms with Gasteiger partial charge in [-0.15, -0.1) is 0 Å². The van der Waals surface area contributed by atoms with E-state index < -0.39 is 0 Å². The zero-order chi connectivity index (χ0) is 14.7. The Morgan fingerprint density at radius 1 is 1.43 bits per heavy atom. The van der Waals surface area contributed by atoms with E-state index in [0.29, 0.717) is 11.1 Å². The molecule has 0 atom stereocenters. The Hall–Kier alpha value is -1.98. The first-order valence-corrected chi connectivity index (χ1v) is 7.19. The molecule has 0 bridgehead atoms. The van der Waals surface area contributed by atoms with Crippen LogP contribution in [0.5, 0.6) is 0 Å². The Kier molecular flexibility index (Phi) is 4.13. The highest BCUT2D eigenvalue weighted by molar-refractivity contribution is 6.29. The SMILES string of the molecule is NC=C(C=NCC1CNC1)c1cnc2ccc(Cl)nc2c1. The Balaban J connectivity index is 1.82. The van der Waals surface area contributed by atoms with E-state index in [4.69, 9.17) is 17.3 Å². The molecule has 1 saturated heterocycles. The Morgan fingerprint density at radius 2 is 2.29 bits per heavy atom. The van der Waals surface area contributed by atoms with Crippen LogP contribution >= 0.6 is 11.6 Å². The summed E-state index contributed by atoms with van der Waals surface area (Å²) < 4.78 is 0. The largest absolute Gasteiger partial charge is 0.404 e. The number of nitrogens with zero attached hydrogens (tertiary/aromatic N) is 3. The first kappa shape index (κ1) is 14.0. The standard InChI is InChI=1S/C15H16ClN5/c16-15-2-1-13-14(21-15)3-11(9-20-13)12(4-17)8-19-7-10-5-18-6-10/h1-4,8-10,18H,5-7,17H2. The molecule has 3 rings (SSSR count). The molecule has 3 heterocycles. The third-order valence-electron chi connectivity index (χ3n) is 3.48. The highest BCUT2D eigenvalue weighted by atomic mass is 35.5. The molecule has 2 aromatic rings. The van der Waals surface area contributed by atoms with Crippen molar-refractivity contribution >= 4 is 34.4 Å². The van der Waals surface area contributed by atoms with Crippen LogP contribution in [0.4, 0.5) is 0 Å². The second-order valence-corrected chi connectivity index (χ2v) is 5.42. The maximum Gasteiger partial charge on any atom is 0.129 e. The van der Waals surface area contributed by atoms with Gasteiger partial charge in [-0.25, -0.2) is 4.98 Å². The van der Waals surface area contributed by atoms with Gasteiger partial charge in [0.1, 0.15) is 5.15 Å². The van der Waals surface area contributed by atoms with Crippen molar-refractivity contribution in [2.45, 2.75) is 0 Å². The molecule has 21 heavy (non-hydrogen) atoms. The highest BCUT2D eigenvalue weighted by Gasteiger charge is 2.15. The molecule has 1 aliphatic rings. The van der Waals surface area contributed by atoms with Gasteiger partial charge in [-0.1, -0.05) is 11.6 Å². The van der Waals surface area contributed by atoms with Crippen LogP contribution in [0.1, 0.15) is 5.56 Å². The van der Waals surface area contributed by atoms with Gasteiger partial charge in [-0.2, -0.15) is 0 Å². The Labute approximate surface area is 127 Å². The van der Waals surface area contributed by atoms with Gasteiger partial charge < -0.3 is 11.1 Å². The first-order valence-electron chi connectivity index (χ1n) is 6.81. The predicted molar refractivity (Wildman–Crippen MR) is 86.4 cm³/mol. The van der Waals surface area contributed by atoms with Gasteiger partial charge in [-0.05, 0) is 18.2 Å². The summed E-state index contributed by atoms with van der Waals surface area (Å²) in [5, 5.41) is 3.68. The molecule has 0 amide bonds. The van der Waals surface area contributed by atoms with Crippen molar-refractivity contribution < 1.29 is 0 Å². The number of nitrogens with one attached hydrogen (secondary N) is 1. The molecule has 0 saturated carbocycles. The fourth-order valence-corrected chi connectivity index (χ4v) is 2.29. The van der Waals surface area contributed by atoms with Gasteiger partial charge in [0.25, 0.3) is 0 Å². The Bertz CT molecular complexity index is 706. The second kappa shape index (κ2) is 6.20. The topological polar surface area (TPSA) is 76.2 Å². The molecular weight excluding hydrogens is 286 g/mol. The van der Waals surface area contributed by atoms with Crippen LogP contribution in [0.25, 0.3) is 16.6 Å². The lowest BCUT2D eigenvalue weighted by molar-refractivity contribution is 0.358. The monoisotopic (exact) mass is 301 g/mol. The normalized spacial score (nSPS) is 16.5. The lowest BCUT2D eigenvalue weighted by Gasteiger charge is -2.24. The second-order valence-electron chi connectivity index (χ2n) is 5.04. The number of rotatable bonds is 4. The van der Waals surface area contributed by atoms with Crippen LogP contribution in [0.2, 0.25) is 5.15 Å². The molecule has 0 aliphatic carbocycles. The third kappa shape index (κ3) is 3.20. The number of allylic oxidation sites excluding steroid dienone is 1. The summed E-state index contributed by atoms with van der Waals surface area (Å²) >= 11 is 5.91. The van der Waals surface area contributed by atoms with Gasteiger partial charge in [0, 0.05) is 55.3 Å². The molecule has 0 spiro atoms. The molecule has 6 heteroatoms. The number of hydrogen-bond acceptors (Lipinski definition) is 5. The van der Waals surface area contributed by atoms with E-state index in [9.17, 15) is 0 Å². The fourth-order valence-electron chi connectivity index (χ4n) is 2.13. The van der Waals surface area contributed by atoms with E-state index in [-0.39, 0.29) is 0 Å². The van der Waals surface area contributed by atoms with Gasteiger partial charge in [-0.3, -0.25) is 9.98 Å². The molecule has 0 radical (unpaired) electrons. The van der Waals surface area contributed by atoms with E-state index in [0.717, 1.165) is 41.8 Å². The molecular formula is C15H16ClN5. The molecule has 1 aliphatic heterocycles. The molecule has 108 valence electrons. The van der Waals surface area contributed by atoms with Crippen molar-refractivity contribution in [1.82, 2.24) is 15.3 Å². The first-order chi connectivity index (χ1) is 10.3. The summed E-state index contributed by atoms with van der Waals surface area (Å²) in [6.07, 6.45) is 5.11. The van der Waals surface area contributed by atoms with Gasteiger partial charge in [0.2, 0.25) is 0 Å². The molecule has 3 N–H and O–H groups in total. The van der Waals surface area contributed by atoms with Crippen molar-refractivity contribution in [3.05, 3.63) is 41.3 Å². The molecule has 0 aromatic carbocycles. The minimum Gasteiger partial charge on any atom is -0.404 e. The van der Waals surface area contributed by atoms with E-state index in [2.05, 4.69) is 20.3 Å². The average molecular weight is 302 g/mol. The lowest BCUT2D eigenvalue weighted by Crippen LogP contribution is -2.43. The number of pyridine rings is 2. The van der Waals surface area contributed by atoms with E-state index in [1.54, 1.807) is 18.5 Å². The van der Waals surface area contributed by atoms with Crippen molar-refractivity contribution in [2.24, 2.45) is 16.6 Å². The summed E-state index contributed by atoms with van der Waals surface area (Å²) in [5.74, 6) is 0.635. The molecule has 1 fully saturated rings. The number of nitrogens with two attached hydrogens (primary N) is 1. The van der Waals surface area contributed by atoms with Crippen LogP contribution in [0.3, 0.4) is 0 Å². The van der Waals surface area contributed by atoms with Crippen LogP contribution in [-0.4, -0.2) is 35.8 Å². The summed E-state index contributed by atoms with van der Waals surface area (Å²) in [7, 11) is 0. The third-order valence-corrected chi connectivity index (χ3v) is 3.69. The minimum absolute atomic E-state index is 0.450. The van der Waals surface area contributed by atoms with E-state index in [1.165, 1.54) is 6.20 Å². The van der Waals surface area contributed by atoms with E-state index >= 15 is 0 Å². The number of aliphatic imine (C=N–C) groups is 1. The quantitative estimate of drug-likeness (QED) is 0.668.